The van der Waals surface area contributed by atoms with E-state index in [0.29, 0.717) is 23.7 Å². The van der Waals surface area contributed by atoms with E-state index in [1.165, 1.54) is 0 Å². The smallest absolute Gasteiger partial charge is 0.261 e. The number of carbonyl (C=O) groups is 1. The Balaban J connectivity index is 1.67. The number of ether oxygens (including phenoxy) is 1. The van der Waals surface area contributed by atoms with E-state index in [0.717, 1.165) is 11.3 Å². The topological polar surface area (TPSA) is 56.1 Å². The number of benzene rings is 2. The first-order valence-corrected chi connectivity index (χ1v) is 8.82. The van der Waals surface area contributed by atoms with E-state index >= 15 is 0 Å². The molecule has 0 radical (unpaired) electrons. The second kappa shape index (κ2) is 8.54. The van der Waals surface area contributed by atoms with Gasteiger partial charge in [-0.1, -0.05) is 48.9 Å². The molecule has 5 nitrogen and oxygen atoms in total. The lowest BCUT2D eigenvalue weighted by molar-refractivity contribution is -0.128. The SMILES string of the molecule is CC[C@@H](Oc1ccccc1Cl)C(=O)NCc1ccccc1-n1ccnc1. The number of amides is 1. The number of rotatable bonds is 7. The molecule has 3 aromatic rings. The summed E-state index contributed by atoms with van der Waals surface area (Å²) >= 11 is 6.12. The van der Waals surface area contributed by atoms with Crippen LogP contribution < -0.4 is 10.1 Å². The van der Waals surface area contributed by atoms with Crippen molar-refractivity contribution in [2.24, 2.45) is 0 Å². The summed E-state index contributed by atoms with van der Waals surface area (Å²) < 4.78 is 7.70. The lowest BCUT2D eigenvalue weighted by Crippen LogP contribution is -2.37. The second-order valence-electron chi connectivity index (χ2n) is 5.76. The van der Waals surface area contributed by atoms with Gasteiger partial charge < -0.3 is 14.6 Å². The highest BCUT2D eigenvalue weighted by Crippen LogP contribution is 2.25. The lowest BCUT2D eigenvalue weighted by atomic mass is 10.1. The molecule has 0 saturated carbocycles. The van der Waals surface area contributed by atoms with Crippen LogP contribution in [-0.2, 0) is 11.3 Å². The first-order valence-electron chi connectivity index (χ1n) is 8.44. The van der Waals surface area contributed by atoms with Gasteiger partial charge in [-0.3, -0.25) is 4.79 Å². The van der Waals surface area contributed by atoms with Gasteiger partial charge in [0.1, 0.15) is 5.75 Å². The minimum absolute atomic E-state index is 0.173. The molecule has 0 spiro atoms. The third-order valence-corrected chi connectivity index (χ3v) is 4.31. The van der Waals surface area contributed by atoms with E-state index in [9.17, 15) is 4.79 Å². The predicted molar refractivity (Wildman–Crippen MR) is 102 cm³/mol. The molecule has 0 aliphatic heterocycles. The van der Waals surface area contributed by atoms with Gasteiger partial charge in [-0.25, -0.2) is 4.98 Å². The largest absolute Gasteiger partial charge is 0.479 e. The van der Waals surface area contributed by atoms with Crippen LogP contribution in [0.25, 0.3) is 5.69 Å². The summed E-state index contributed by atoms with van der Waals surface area (Å²) in [5, 5.41) is 3.44. The molecule has 134 valence electrons. The van der Waals surface area contributed by atoms with Crippen LogP contribution in [0.3, 0.4) is 0 Å². The molecule has 1 atom stereocenters. The van der Waals surface area contributed by atoms with Crippen molar-refractivity contribution < 1.29 is 9.53 Å². The number of carbonyl (C=O) groups excluding carboxylic acids is 1. The Labute approximate surface area is 157 Å². The van der Waals surface area contributed by atoms with Gasteiger partial charge >= 0.3 is 0 Å². The first kappa shape index (κ1) is 18.0. The van der Waals surface area contributed by atoms with Crippen LogP contribution in [0.1, 0.15) is 18.9 Å². The number of hydrogen-bond acceptors (Lipinski definition) is 3. The van der Waals surface area contributed by atoms with Crippen molar-refractivity contribution in [2.45, 2.75) is 26.0 Å². The molecule has 1 N–H and O–H groups in total. The standard InChI is InChI=1S/C20H20ClN3O2/c1-2-18(26-19-10-6-4-8-16(19)21)20(25)23-13-15-7-3-5-9-17(15)24-12-11-22-14-24/h3-12,14,18H,2,13H2,1H3,(H,23,25)/t18-/m1/s1. The number of nitrogens with zero attached hydrogens (tertiary/aromatic N) is 2. The van der Waals surface area contributed by atoms with E-state index in [4.69, 9.17) is 16.3 Å². The van der Waals surface area contributed by atoms with E-state index < -0.39 is 6.10 Å². The molecule has 1 heterocycles. The zero-order valence-electron chi connectivity index (χ0n) is 14.4. The van der Waals surface area contributed by atoms with Crippen LogP contribution in [0.5, 0.6) is 5.75 Å². The number of hydrogen-bond donors (Lipinski definition) is 1. The van der Waals surface area contributed by atoms with E-state index in [1.807, 2.05) is 54.1 Å². The molecule has 3 rings (SSSR count). The number of nitrogens with one attached hydrogen (secondary N) is 1. The lowest BCUT2D eigenvalue weighted by Gasteiger charge is -2.18. The van der Waals surface area contributed by atoms with Crippen LogP contribution in [0.4, 0.5) is 0 Å². The van der Waals surface area contributed by atoms with Crippen LogP contribution in [0, 0.1) is 0 Å². The molecule has 0 bridgehead atoms. The van der Waals surface area contributed by atoms with Crippen molar-refractivity contribution in [3.05, 3.63) is 77.8 Å². The summed E-state index contributed by atoms with van der Waals surface area (Å²) in [6.45, 7) is 2.30. The van der Waals surface area contributed by atoms with Crippen molar-refractivity contribution in [1.82, 2.24) is 14.9 Å². The Morgan fingerprint density at radius 1 is 1.23 bits per heavy atom. The van der Waals surface area contributed by atoms with Crippen molar-refractivity contribution in [2.75, 3.05) is 0 Å². The van der Waals surface area contributed by atoms with Crippen LogP contribution in [0.15, 0.2) is 67.3 Å². The molecule has 6 heteroatoms. The molecule has 1 amide bonds. The van der Waals surface area contributed by atoms with E-state index in [2.05, 4.69) is 10.3 Å². The van der Waals surface area contributed by atoms with Gasteiger partial charge in [0.05, 0.1) is 17.0 Å². The fourth-order valence-electron chi connectivity index (χ4n) is 2.63. The molecule has 0 saturated heterocycles. The highest BCUT2D eigenvalue weighted by Gasteiger charge is 2.19. The third-order valence-electron chi connectivity index (χ3n) is 4.00. The fourth-order valence-corrected chi connectivity index (χ4v) is 2.81. The number of imidazole rings is 1. The summed E-state index contributed by atoms with van der Waals surface area (Å²) in [4.78, 5) is 16.6. The Morgan fingerprint density at radius 3 is 2.73 bits per heavy atom. The van der Waals surface area contributed by atoms with E-state index in [1.54, 1.807) is 24.7 Å². The van der Waals surface area contributed by atoms with Crippen molar-refractivity contribution >= 4 is 17.5 Å². The summed E-state index contributed by atoms with van der Waals surface area (Å²) in [7, 11) is 0. The Kier molecular flexibility index (Phi) is 5.92. The molecule has 2 aromatic carbocycles. The molecule has 0 fully saturated rings. The van der Waals surface area contributed by atoms with Gasteiger partial charge in [0.25, 0.3) is 5.91 Å². The van der Waals surface area contributed by atoms with Gasteiger partial charge in [0.15, 0.2) is 6.10 Å². The van der Waals surface area contributed by atoms with Gasteiger partial charge in [0, 0.05) is 18.9 Å². The third kappa shape index (κ3) is 4.24. The van der Waals surface area contributed by atoms with Gasteiger partial charge in [-0.2, -0.15) is 0 Å². The van der Waals surface area contributed by atoms with Crippen molar-refractivity contribution in [1.29, 1.82) is 0 Å². The molecule has 0 unspecified atom stereocenters. The molecular formula is C20H20ClN3O2. The van der Waals surface area contributed by atoms with Crippen LogP contribution in [-0.4, -0.2) is 21.6 Å². The van der Waals surface area contributed by atoms with Crippen LogP contribution >= 0.6 is 11.6 Å². The van der Waals surface area contributed by atoms with Crippen LogP contribution in [0.2, 0.25) is 5.02 Å². The maximum absolute atomic E-state index is 12.6. The quantitative estimate of drug-likeness (QED) is 0.684. The summed E-state index contributed by atoms with van der Waals surface area (Å²) in [5.41, 5.74) is 1.97. The van der Waals surface area contributed by atoms with E-state index in [-0.39, 0.29) is 5.91 Å². The zero-order valence-corrected chi connectivity index (χ0v) is 15.2. The zero-order chi connectivity index (χ0) is 18.4. The number of para-hydroxylation sites is 2. The molecule has 0 aliphatic rings. The predicted octanol–water partition coefficient (Wildman–Crippen LogP) is 4.00. The highest BCUT2D eigenvalue weighted by molar-refractivity contribution is 6.32. The van der Waals surface area contributed by atoms with Crippen molar-refractivity contribution in [3.8, 4) is 11.4 Å². The average molecular weight is 370 g/mol. The first-order chi connectivity index (χ1) is 12.7. The summed E-state index contributed by atoms with van der Waals surface area (Å²) in [6, 6.07) is 15.0. The Bertz CT molecular complexity index is 865. The van der Waals surface area contributed by atoms with Gasteiger partial charge in [-0.05, 0) is 30.2 Å². The average Bonchev–Trinajstić information content (AvgIpc) is 3.20. The summed E-state index contributed by atoms with van der Waals surface area (Å²) in [6.07, 6.45) is 5.27. The molecule has 0 aliphatic carbocycles. The Morgan fingerprint density at radius 2 is 2.00 bits per heavy atom. The van der Waals surface area contributed by atoms with Crippen molar-refractivity contribution in [3.63, 3.8) is 0 Å². The highest BCUT2D eigenvalue weighted by atomic mass is 35.5. The number of aromatic nitrogens is 2. The number of halogens is 1. The maximum atomic E-state index is 12.6. The van der Waals surface area contributed by atoms with Gasteiger partial charge in [0.2, 0.25) is 0 Å². The Hall–Kier alpha value is -2.79. The molecule has 26 heavy (non-hydrogen) atoms. The molecule has 1 aromatic heterocycles. The van der Waals surface area contributed by atoms with Gasteiger partial charge in [-0.15, -0.1) is 0 Å². The monoisotopic (exact) mass is 369 g/mol. The minimum Gasteiger partial charge on any atom is -0.479 e. The summed E-state index contributed by atoms with van der Waals surface area (Å²) in [5.74, 6) is 0.336. The minimum atomic E-state index is -0.602. The fraction of sp³-hybridized carbons (Fsp3) is 0.200. The second-order valence-corrected chi connectivity index (χ2v) is 6.17. The maximum Gasteiger partial charge on any atom is 0.261 e. The normalized spacial score (nSPS) is 11.8. The molecular weight excluding hydrogens is 350 g/mol.